The predicted molar refractivity (Wildman–Crippen MR) is 164 cm³/mol. The lowest BCUT2D eigenvalue weighted by Crippen LogP contribution is -2.01. The van der Waals surface area contributed by atoms with Crippen LogP contribution in [0.25, 0.3) is 46.4 Å². The number of hydrogen-bond donors (Lipinski definition) is 2. The summed E-state index contributed by atoms with van der Waals surface area (Å²) in [6.45, 7) is 9.14. The number of H-pyrrole nitrogens is 2. The van der Waals surface area contributed by atoms with Crippen LogP contribution in [0.5, 0.6) is 0 Å². The van der Waals surface area contributed by atoms with E-state index in [0.717, 1.165) is 46.7 Å². The first-order chi connectivity index (χ1) is 18.6. The Kier molecular flexibility index (Phi) is 8.26. The van der Waals surface area contributed by atoms with Crippen molar-refractivity contribution in [3.05, 3.63) is 70.3 Å². The van der Waals surface area contributed by atoms with Crippen molar-refractivity contribution >= 4 is 46.4 Å². The topological polar surface area (TPSA) is 57.4 Å². The molecule has 0 aliphatic carbocycles. The molecule has 0 saturated heterocycles. The molecule has 0 spiro atoms. The van der Waals surface area contributed by atoms with Gasteiger partial charge in [0, 0.05) is 33.2 Å². The number of fused-ring (bicyclic) bond motifs is 8. The van der Waals surface area contributed by atoms with Crippen LogP contribution in [0.1, 0.15) is 125 Å². The molecule has 2 aliphatic heterocycles. The van der Waals surface area contributed by atoms with Crippen molar-refractivity contribution in [2.24, 2.45) is 0 Å². The maximum absolute atomic E-state index is 5.13. The molecule has 3 aromatic heterocycles. The Bertz CT molecular complexity index is 1370. The molecule has 0 fully saturated rings. The second-order valence-electron chi connectivity index (χ2n) is 10.8. The van der Waals surface area contributed by atoms with Gasteiger partial charge in [-0.2, -0.15) is 0 Å². The summed E-state index contributed by atoms with van der Waals surface area (Å²) in [4.78, 5) is 17.7. The van der Waals surface area contributed by atoms with Crippen molar-refractivity contribution < 1.29 is 0 Å². The molecule has 5 heterocycles. The molecule has 2 N–H and O–H groups in total. The van der Waals surface area contributed by atoms with Crippen LogP contribution in [0.3, 0.4) is 0 Å². The summed E-state index contributed by atoms with van der Waals surface area (Å²) in [5.74, 6) is 0.935. The molecule has 0 saturated carbocycles. The van der Waals surface area contributed by atoms with Crippen molar-refractivity contribution in [1.29, 1.82) is 0 Å². The Morgan fingerprint density at radius 1 is 0.605 bits per heavy atom. The van der Waals surface area contributed by atoms with Crippen LogP contribution in [0.15, 0.2) is 36.4 Å². The van der Waals surface area contributed by atoms with Gasteiger partial charge in [0.1, 0.15) is 0 Å². The lowest BCUT2D eigenvalue weighted by atomic mass is 9.90. The summed E-state index contributed by atoms with van der Waals surface area (Å²) in [5.41, 5.74) is 11.3. The van der Waals surface area contributed by atoms with Gasteiger partial charge in [0.05, 0.1) is 22.8 Å². The van der Waals surface area contributed by atoms with Crippen molar-refractivity contribution in [2.45, 2.75) is 90.9 Å². The fraction of sp³-hybridized carbons (Fsp3) is 0.412. The molecule has 4 heteroatoms. The average Bonchev–Trinajstić information content (AvgIpc) is 3.74. The van der Waals surface area contributed by atoms with Gasteiger partial charge in [0.2, 0.25) is 0 Å². The summed E-state index contributed by atoms with van der Waals surface area (Å²) in [7, 11) is 0. The van der Waals surface area contributed by atoms with Gasteiger partial charge in [0.25, 0.3) is 0 Å². The van der Waals surface area contributed by atoms with E-state index in [1.165, 1.54) is 60.7 Å². The highest BCUT2D eigenvalue weighted by Gasteiger charge is 2.19. The Morgan fingerprint density at radius 2 is 1.05 bits per heavy atom. The Morgan fingerprint density at radius 3 is 1.45 bits per heavy atom. The van der Waals surface area contributed by atoms with Crippen molar-refractivity contribution in [1.82, 2.24) is 19.9 Å². The highest BCUT2D eigenvalue weighted by Crippen LogP contribution is 2.34. The highest BCUT2D eigenvalue weighted by atomic mass is 14.8. The highest BCUT2D eigenvalue weighted by molar-refractivity contribution is 5.81. The number of rotatable bonds is 10. The maximum Gasteiger partial charge on any atom is 0.0693 e. The molecule has 0 radical (unpaired) electrons. The molecule has 8 bridgehead atoms. The van der Waals surface area contributed by atoms with E-state index in [2.05, 4.69) is 98.4 Å². The van der Waals surface area contributed by atoms with E-state index >= 15 is 0 Å². The smallest absolute Gasteiger partial charge is 0.0693 e. The maximum atomic E-state index is 5.13. The first-order valence-electron chi connectivity index (χ1n) is 14.7. The number of hydrogen-bond acceptors (Lipinski definition) is 2. The molecule has 2 aliphatic rings. The van der Waals surface area contributed by atoms with Crippen LogP contribution < -0.4 is 0 Å². The number of aromatic nitrogens is 4. The first kappa shape index (κ1) is 26.2. The van der Waals surface area contributed by atoms with Gasteiger partial charge in [-0.15, -0.1) is 0 Å². The Labute approximate surface area is 227 Å². The van der Waals surface area contributed by atoms with Gasteiger partial charge < -0.3 is 9.97 Å². The predicted octanol–water partition coefficient (Wildman–Crippen LogP) is 10.0. The van der Waals surface area contributed by atoms with Crippen LogP contribution in [0.2, 0.25) is 0 Å². The largest absolute Gasteiger partial charge is 0.355 e. The zero-order valence-electron chi connectivity index (χ0n) is 23.5. The molecule has 0 amide bonds. The SMILES string of the molecule is CCCCC(CC)c1c2nc(cc3ccc([nH]3)c(C(CC)CCCC)c3nc(cc4ccc1[nH]4)C=C3)C=C2. The van der Waals surface area contributed by atoms with Crippen LogP contribution in [0, 0.1) is 0 Å². The second kappa shape index (κ2) is 12.0. The normalized spacial score (nSPS) is 14.2. The molecule has 4 nitrogen and oxygen atoms in total. The van der Waals surface area contributed by atoms with Gasteiger partial charge in [-0.1, -0.05) is 53.4 Å². The van der Waals surface area contributed by atoms with Crippen LogP contribution in [0.4, 0.5) is 0 Å². The minimum Gasteiger partial charge on any atom is -0.355 e. The Hall–Kier alpha value is -3.40. The molecule has 5 rings (SSSR count). The van der Waals surface area contributed by atoms with Crippen LogP contribution in [-0.2, 0) is 0 Å². The van der Waals surface area contributed by atoms with E-state index in [1.807, 2.05) is 0 Å². The average molecular weight is 507 g/mol. The lowest BCUT2D eigenvalue weighted by Gasteiger charge is -2.16. The molecular weight excluding hydrogens is 464 g/mol. The van der Waals surface area contributed by atoms with E-state index in [0.29, 0.717) is 11.8 Å². The summed E-state index contributed by atoms with van der Waals surface area (Å²) in [5, 5.41) is 0. The molecule has 3 aromatic rings. The molecule has 38 heavy (non-hydrogen) atoms. The van der Waals surface area contributed by atoms with E-state index in [9.17, 15) is 0 Å². The molecule has 2 atom stereocenters. The van der Waals surface area contributed by atoms with Gasteiger partial charge in [-0.25, -0.2) is 9.97 Å². The third-order valence-corrected chi connectivity index (χ3v) is 8.09. The van der Waals surface area contributed by atoms with E-state index < -0.39 is 0 Å². The monoisotopic (exact) mass is 506 g/mol. The second-order valence-corrected chi connectivity index (χ2v) is 10.8. The number of aromatic amines is 2. The van der Waals surface area contributed by atoms with E-state index in [1.54, 1.807) is 0 Å². The van der Waals surface area contributed by atoms with Gasteiger partial charge in [0.15, 0.2) is 0 Å². The minimum atomic E-state index is 0.468. The van der Waals surface area contributed by atoms with E-state index in [4.69, 9.17) is 9.97 Å². The third kappa shape index (κ3) is 5.55. The summed E-state index contributed by atoms with van der Waals surface area (Å²) >= 11 is 0. The van der Waals surface area contributed by atoms with Gasteiger partial charge in [-0.05, 0) is 98.2 Å². The number of nitrogens with zero attached hydrogens (tertiary/aromatic N) is 2. The molecule has 0 aromatic carbocycles. The summed E-state index contributed by atoms with van der Waals surface area (Å²) in [6, 6.07) is 13.2. The van der Waals surface area contributed by atoms with Crippen LogP contribution in [-0.4, -0.2) is 19.9 Å². The van der Waals surface area contributed by atoms with Crippen molar-refractivity contribution in [2.75, 3.05) is 0 Å². The fourth-order valence-electron chi connectivity index (χ4n) is 5.98. The lowest BCUT2D eigenvalue weighted by molar-refractivity contribution is 0.570. The minimum absolute atomic E-state index is 0.468. The third-order valence-electron chi connectivity index (χ3n) is 8.09. The fourth-order valence-corrected chi connectivity index (χ4v) is 5.98. The van der Waals surface area contributed by atoms with Crippen molar-refractivity contribution in [3.63, 3.8) is 0 Å². The van der Waals surface area contributed by atoms with Gasteiger partial charge in [-0.3, -0.25) is 0 Å². The van der Waals surface area contributed by atoms with Gasteiger partial charge >= 0.3 is 0 Å². The zero-order valence-corrected chi connectivity index (χ0v) is 23.5. The molecule has 2 unspecified atom stereocenters. The summed E-state index contributed by atoms with van der Waals surface area (Å²) in [6.07, 6.45) is 18.1. The van der Waals surface area contributed by atoms with Crippen LogP contribution >= 0.6 is 0 Å². The zero-order chi connectivity index (χ0) is 26.5. The molecule has 198 valence electrons. The number of unbranched alkanes of at least 4 members (excludes halogenated alkanes) is 2. The first-order valence-corrected chi connectivity index (χ1v) is 14.7. The Balaban J connectivity index is 1.79. The molecular formula is C34H42N4. The summed E-state index contributed by atoms with van der Waals surface area (Å²) < 4.78 is 0. The quantitative estimate of drug-likeness (QED) is 0.198. The van der Waals surface area contributed by atoms with E-state index in [-0.39, 0.29) is 0 Å². The standard InChI is InChI=1S/C34H42N4/c1-5-9-11-23(7-3)33-29-17-13-25(35-29)21-27-15-19-31(37-27)34(24(8-4)12-10-6-2)32-20-16-28(38-32)22-26-14-18-30(33)36-26/h13-24,35,38H,5-12H2,1-4H3. The number of nitrogens with one attached hydrogen (secondary N) is 2. The van der Waals surface area contributed by atoms with Crippen molar-refractivity contribution in [3.8, 4) is 0 Å².